The highest BCUT2D eigenvalue weighted by molar-refractivity contribution is 5.67. The fourth-order valence-corrected chi connectivity index (χ4v) is 4.36. The smallest absolute Gasteiger partial charge is 0.226 e. The van der Waals surface area contributed by atoms with Crippen molar-refractivity contribution in [3.63, 3.8) is 0 Å². The topological polar surface area (TPSA) is 82.5 Å². The van der Waals surface area contributed by atoms with E-state index in [0.29, 0.717) is 11.8 Å². The molecule has 0 radical (unpaired) electrons. The van der Waals surface area contributed by atoms with Crippen molar-refractivity contribution in [3.8, 4) is 16.8 Å². The number of fused-ring (bicyclic) bond motifs is 3. The highest BCUT2D eigenvalue weighted by atomic mass is 16.4. The summed E-state index contributed by atoms with van der Waals surface area (Å²) in [6, 6.07) is 8.78. The number of pyridine rings is 1. The van der Waals surface area contributed by atoms with Crippen LogP contribution in [0.1, 0.15) is 67.2 Å². The molecular weight excluding hydrogens is 388 g/mol. The van der Waals surface area contributed by atoms with Gasteiger partial charge in [0.05, 0.1) is 11.1 Å². The van der Waals surface area contributed by atoms with Crippen molar-refractivity contribution in [3.05, 3.63) is 71.2 Å². The summed E-state index contributed by atoms with van der Waals surface area (Å²) in [5.74, 6) is 3.83. The van der Waals surface area contributed by atoms with Gasteiger partial charge in [0.1, 0.15) is 11.6 Å². The summed E-state index contributed by atoms with van der Waals surface area (Å²) >= 11 is 0. The first-order chi connectivity index (χ1) is 15.0. The van der Waals surface area contributed by atoms with Crippen LogP contribution in [0.2, 0.25) is 0 Å². The molecule has 2 aliphatic rings. The molecule has 7 heteroatoms. The third kappa shape index (κ3) is 2.99. The molecule has 0 N–H and O–H groups in total. The second kappa shape index (κ2) is 6.57. The van der Waals surface area contributed by atoms with Crippen molar-refractivity contribution < 1.29 is 4.42 Å². The van der Waals surface area contributed by atoms with Crippen LogP contribution in [0.25, 0.3) is 16.8 Å². The Morgan fingerprint density at radius 2 is 1.84 bits per heavy atom. The molecule has 4 heterocycles. The third-order valence-electron chi connectivity index (χ3n) is 6.53. The lowest BCUT2D eigenvalue weighted by molar-refractivity contribution is 0.388. The number of hydrogen-bond donors (Lipinski definition) is 0. The molecule has 3 aromatic heterocycles. The Balaban J connectivity index is 1.36. The normalized spacial score (nSPS) is 15.6. The summed E-state index contributed by atoms with van der Waals surface area (Å²) in [6.07, 6.45) is 7.98. The maximum atomic E-state index is 6.02. The van der Waals surface area contributed by atoms with Gasteiger partial charge in [-0.1, -0.05) is 6.07 Å². The molecule has 0 saturated heterocycles. The van der Waals surface area contributed by atoms with Crippen molar-refractivity contribution in [2.75, 3.05) is 0 Å². The van der Waals surface area contributed by atoms with Crippen LogP contribution in [0.4, 0.5) is 0 Å². The Labute approximate surface area is 180 Å². The molecule has 31 heavy (non-hydrogen) atoms. The maximum absolute atomic E-state index is 6.02. The highest BCUT2D eigenvalue weighted by Gasteiger charge is 2.34. The standard InChI is InChI=1S/C24H24N6O/c1-14-26-27-21-9-7-17-10-16(6-8-20(17)30(14)21)18-11-19(13-25-12-18)24(2,3)23-29-28-22(31-23)15-4-5-15/h6,8,10-13,15H,4-5,7,9H2,1-3H3. The molecule has 0 spiro atoms. The van der Waals surface area contributed by atoms with Crippen LogP contribution in [0.3, 0.4) is 0 Å². The quantitative estimate of drug-likeness (QED) is 0.496. The van der Waals surface area contributed by atoms with Crippen LogP contribution in [-0.2, 0) is 18.3 Å². The van der Waals surface area contributed by atoms with Crippen molar-refractivity contribution in [2.45, 2.75) is 57.8 Å². The molecule has 0 atom stereocenters. The maximum Gasteiger partial charge on any atom is 0.226 e. The summed E-state index contributed by atoms with van der Waals surface area (Å²) in [6.45, 7) is 6.23. The molecule has 1 saturated carbocycles. The predicted octanol–water partition coefficient (Wildman–Crippen LogP) is 4.32. The van der Waals surface area contributed by atoms with Gasteiger partial charge in [0.25, 0.3) is 0 Å². The molecule has 1 aromatic carbocycles. The zero-order valence-corrected chi connectivity index (χ0v) is 18.0. The first kappa shape index (κ1) is 18.4. The Bertz CT molecular complexity index is 1300. The van der Waals surface area contributed by atoms with Crippen molar-refractivity contribution >= 4 is 0 Å². The van der Waals surface area contributed by atoms with E-state index in [0.717, 1.165) is 59.9 Å². The molecule has 0 amide bonds. The monoisotopic (exact) mass is 412 g/mol. The molecule has 156 valence electrons. The molecule has 7 nitrogen and oxygen atoms in total. The molecular formula is C24H24N6O. The van der Waals surface area contributed by atoms with Gasteiger partial charge in [-0.3, -0.25) is 9.55 Å². The number of aromatic nitrogens is 6. The number of benzene rings is 1. The van der Waals surface area contributed by atoms with Crippen LogP contribution < -0.4 is 0 Å². The van der Waals surface area contributed by atoms with Crippen LogP contribution in [0, 0.1) is 6.92 Å². The van der Waals surface area contributed by atoms with E-state index in [1.165, 1.54) is 11.3 Å². The van der Waals surface area contributed by atoms with Crippen molar-refractivity contribution in [1.82, 2.24) is 29.9 Å². The molecule has 4 aromatic rings. The minimum Gasteiger partial charge on any atom is -0.424 e. The van der Waals surface area contributed by atoms with Gasteiger partial charge in [-0.05, 0) is 74.9 Å². The second-order valence-corrected chi connectivity index (χ2v) is 9.15. The molecule has 1 aliphatic carbocycles. The van der Waals surface area contributed by atoms with E-state index in [1.807, 2.05) is 19.3 Å². The van der Waals surface area contributed by atoms with Gasteiger partial charge >= 0.3 is 0 Å². The summed E-state index contributed by atoms with van der Waals surface area (Å²) in [5.41, 5.74) is 5.37. The Hall–Kier alpha value is -3.35. The van der Waals surface area contributed by atoms with Gasteiger partial charge in [0, 0.05) is 30.3 Å². The Kier molecular flexibility index (Phi) is 3.91. The highest BCUT2D eigenvalue weighted by Crippen LogP contribution is 2.41. The number of rotatable bonds is 4. The lowest BCUT2D eigenvalue weighted by Crippen LogP contribution is -2.20. The van der Waals surface area contributed by atoms with E-state index in [1.54, 1.807) is 0 Å². The largest absolute Gasteiger partial charge is 0.424 e. The SMILES string of the molecule is Cc1nnc2n1-c1ccc(-c3cncc(C(C)(C)c4nnc(C5CC5)o4)c3)cc1CC2. The fourth-order valence-electron chi connectivity index (χ4n) is 4.36. The fraction of sp³-hybridized carbons (Fsp3) is 0.375. The minimum absolute atomic E-state index is 0.411. The first-order valence-corrected chi connectivity index (χ1v) is 10.8. The molecule has 1 aliphatic heterocycles. The van der Waals surface area contributed by atoms with E-state index in [2.05, 4.69) is 68.1 Å². The van der Waals surface area contributed by atoms with Gasteiger partial charge in [0.2, 0.25) is 11.8 Å². The Morgan fingerprint density at radius 1 is 0.968 bits per heavy atom. The lowest BCUT2D eigenvalue weighted by atomic mass is 9.84. The average molecular weight is 412 g/mol. The summed E-state index contributed by atoms with van der Waals surface area (Å²) in [4.78, 5) is 4.55. The first-order valence-electron chi connectivity index (χ1n) is 10.8. The molecule has 0 bridgehead atoms. The molecule has 0 unspecified atom stereocenters. The lowest BCUT2D eigenvalue weighted by Gasteiger charge is -2.22. The van der Waals surface area contributed by atoms with E-state index in [-0.39, 0.29) is 0 Å². The molecule has 6 rings (SSSR count). The van der Waals surface area contributed by atoms with Gasteiger partial charge in [-0.2, -0.15) is 0 Å². The molecule has 1 fully saturated rings. The van der Waals surface area contributed by atoms with Crippen molar-refractivity contribution in [2.24, 2.45) is 0 Å². The summed E-state index contributed by atoms with van der Waals surface area (Å²) < 4.78 is 8.18. The van der Waals surface area contributed by atoms with E-state index in [9.17, 15) is 0 Å². The van der Waals surface area contributed by atoms with E-state index < -0.39 is 5.41 Å². The number of nitrogens with zero attached hydrogens (tertiary/aromatic N) is 6. The third-order valence-corrected chi connectivity index (χ3v) is 6.53. The van der Waals surface area contributed by atoms with E-state index in [4.69, 9.17) is 4.42 Å². The Morgan fingerprint density at radius 3 is 2.68 bits per heavy atom. The van der Waals surface area contributed by atoms with Crippen LogP contribution in [0.5, 0.6) is 0 Å². The second-order valence-electron chi connectivity index (χ2n) is 9.15. The average Bonchev–Trinajstić information content (AvgIpc) is 3.38. The predicted molar refractivity (Wildman–Crippen MR) is 115 cm³/mol. The van der Waals surface area contributed by atoms with Gasteiger partial charge < -0.3 is 4.42 Å². The van der Waals surface area contributed by atoms with Crippen LogP contribution in [-0.4, -0.2) is 29.9 Å². The number of hydrogen-bond acceptors (Lipinski definition) is 6. The van der Waals surface area contributed by atoms with Crippen molar-refractivity contribution in [1.29, 1.82) is 0 Å². The minimum atomic E-state index is -0.411. The number of aryl methyl sites for hydroxylation is 3. The van der Waals surface area contributed by atoms with Gasteiger partial charge in [0.15, 0.2) is 0 Å². The summed E-state index contributed by atoms with van der Waals surface area (Å²) in [5, 5.41) is 17.2. The zero-order valence-electron chi connectivity index (χ0n) is 18.0. The van der Waals surface area contributed by atoms with Crippen LogP contribution in [0.15, 0.2) is 41.1 Å². The summed E-state index contributed by atoms with van der Waals surface area (Å²) in [7, 11) is 0. The van der Waals surface area contributed by atoms with E-state index >= 15 is 0 Å². The van der Waals surface area contributed by atoms with Gasteiger partial charge in [-0.25, -0.2) is 0 Å². The van der Waals surface area contributed by atoms with Crippen LogP contribution >= 0.6 is 0 Å². The van der Waals surface area contributed by atoms with Gasteiger partial charge in [-0.15, -0.1) is 20.4 Å². The zero-order chi connectivity index (χ0) is 21.2.